The fourth-order valence-corrected chi connectivity index (χ4v) is 4.67. The van der Waals surface area contributed by atoms with Gasteiger partial charge in [0.25, 0.3) is 0 Å². The summed E-state index contributed by atoms with van der Waals surface area (Å²) < 4.78 is 0. The zero-order valence-electron chi connectivity index (χ0n) is 15.4. The van der Waals surface area contributed by atoms with Crippen LogP contribution in [-0.2, 0) is 0 Å². The van der Waals surface area contributed by atoms with Crippen molar-refractivity contribution in [2.75, 3.05) is 19.6 Å². The highest BCUT2D eigenvalue weighted by molar-refractivity contribution is 5.75. The van der Waals surface area contributed by atoms with Gasteiger partial charge in [0.2, 0.25) is 0 Å². The van der Waals surface area contributed by atoms with Crippen LogP contribution in [-0.4, -0.2) is 64.8 Å². The van der Waals surface area contributed by atoms with Crippen molar-refractivity contribution >= 4 is 6.03 Å². The first-order chi connectivity index (χ1) is 11.5. The summed E-state index contributed by atoms with van der Waals surface area (Å²) in [6, 6.07) is 1.32. The lowest BCUT2D eigenvalue weighted by Crippen LogP contribution is -2.53. The predicted molar refractivity (Wildman–Crippen MR) is 96.0 cm³/mol. The summed E-state index contributed by atoms with van der Waals surface area (Å²) in [4.78, 5) is 17.3. The molecule has 3 rings (SSSR count). The highest BCUT2D eigenvalue weighted by Crippen LogP contribution is 2.30. The molecule has 4 atom stereocenters. The fourth-order valence-electron chi connectivity index (χ4n) is 4.67. The Labute approximate surface area is 146 Å². The number of rotatable bonds is 5. The third kappa shape index (κ3) is 4.23. The first-order valence-electron chi connectivity index (χ1n) is 10.0. The molecule has 2 amide bonds. The zero-order valence-corrected chi connectivity index (χ0v) is 15.4. The highest BCUT2D eigenvalue weighted by atomic mass is 16.3. The predicted octanol–water partition coefficient (Wildman–Crippen LogP) is 2.58. The van der Waals surface area contributed by atoms with E-state index in [4.69, 9.17) is 0 Å². The molecule has 0 aromatic rings. The molecule has 0 spiro atoms. The molecule has 2 aliphatic heterocycles. The summed E-state index contributed by atoms with van der Waals surface area (Å²) >= 11 is 0. The Balaban J connectivity index is 1.49. The maximum atomic E-state index is 12.7. The van der Waals surface area contributed by atoms with Gasteiger partial charge in [0.05, 0.1) is 6.10 Å². The number of piperidine rings is 1. The van der Waals surface area contributed by atoms with Crippen LogP contribution in [0.2, 0.25) is 0 Å². The Morgan fingerprint density at radius 3 is 2.54 bits per heavy atom. The van der Waals surface area contributed by atoms with Crippen molar-refractivity contribution in [2.45, 2.75) is 89.4 Å². The molecule has 138 valence electrons. The minimum absolute atomic E-state index is 0.0754. The van der Waals surface area contributed by atoms with Crippen LogP contribution in [0.25, 0.3) is 0 Å². The van der Waals surface area contributed by atoms with E-state index in [0.717, 1.165) is 32.0 Å². The van der Waals surface area contributed by atoms with E-state index in [1.807, 2.05) is 11.8 Å². The number of aliphatic hydroxyl groups is 1. The minimum Gasteiger partial charge on any atom is -0.393 e. The van der Waals surface area contributed by atoms with Gasteiger partial charge in [-0.1, -0.05) is 6.42 Å². The molecule has 3 fully saturated rings. The average Bonchev–Trinajstić information content (AvgIpc) is 2.93. The van der Waals surface area contributed by atoms with Crippen molar-refractivity contribution in [3.05, 3.63) is 0 Å². The quantitative estimate of drug-likeness (QED) is 0.811. The van der Waals surface area contributed by atoms with Gasteiger partial charge in [-0.2, -0.15) is 0 Å². The second-order valence-electron chi connectivity index (χ2n) is 8.29. The van der Waals surface area contributed by atoms with Crippen LogP contribution < -0.4 is 5.32 Å². The Kier molecular flexibility index (Phi) is 6.03. The lowest BCUT2D eigenvalue weighted by atomic mass is 9.85. The van der Waals surface area contributed by atoms with Crippen LogP contribution in [0.1, 0.15) is 65.2 Å². The fraction of sp³-hybridized carbons (Fsp3) is 0.947. The molecule has 2 saturated heterocycles. The topological polar surface area (TPSA) is 55.8 Å². The molecule has 4 unspecified atom stereocenters. The Morgan fingerprint density at radius 2 is 1.88 bits per heavy atom. The first kappa shape index (κ1) is 18.0. The van der Waals surface area contributed by atoms with E-state index in [-0.39, 0.29) is 24.2 Å². The highest BCUT2D eigenvalue weighted by Gasteiger charge is 2.34. The van der Waals surface area contributed by atoms with Gasteiger partial charge in [-0.15, -0.1) is 0 Å². The summed E-state index contributed by atoms with van der Waals surface area (Å²) in [5.74, 6) is 0.570. The summed E-state index contributed by atoms with van der Waals surface area (Å²) in [6.07, 6.45) is 9.03. The van der Waals surface area contributed by atoms with Crippen LogP contribution in [0.15, 0.2) is 0 Å². The van der Waals surface area contributed by atoms with Crippen LogP contribution >= 0.6 is 0 Å². The Bertz CT molecular complexity index is 425. The summed E-state index contributed by atoms with van der Waals surface area (Å²) in [5, 5.41) is 12.9. The zero-order chi connectivity index (χ0) is 17.1. The molecule has 0 aromatic carbocycles. The number of nitrogens with one attached hydrogen (secondary N) is 1. The van der Waals surface area contributed by atoms with Crippen molar-refractivity contribution in [2.24, 2.45) is 5.92 Å². The van der Waals surface area contributed by atoms with Gasteiger partial charge in [0.15, 0.2) is 0 Å². The van der Waals surface area contributed by atoms with Crippen LogP contribution in [0.5, 0.6) is 0 Å². The van der Waals surface area contributed by atoms with Crippen molar-refractivity contribution in [1.82, 2.24) is 15.1 Å². The van der Waals surface area contributed by atoms with Crippen LogP contribution in [0.4, 0.5) is 4.79 Å². The molecule has 3 aliphatic rings. The van der Waals surface area contributed by atoms with Gasteiger partial charge >= 0.3 is 6.03 Å². The first-order valence-corrected chi connectivity index (χ1v) is 10.0. The number of urea groups is 1. The van der Waals surface area contributed by atoms with E-state index in [1.54, 1.807) is 0 Å². The number of hydrogen-bond donors (Lipinski definition) is 2. The average molecular weight is 338 g/mol. The second kappa shape index (κ2) is 8.05. The monoisotopic (exact) mass is 337 g/mol. The number of likely N-dealkylation sites (tertiary alicyclic amines) is 2. The third-order valence-electron chi connectivity index (χ3n) is 6.39. The molecular formula is C19H35N3O2. The molecule has 0 bridgehead atoms. The smallest absolute Gasteiger partial charge is 0.317 e. The normalized spacial score (nSPS) is 31.5. The summed E-state index contributed by atoms with van der Waals surface area (Å²) in [7, 11) is 0. The number of carbonyl (C=O) groups is 1. The van der Waals surface area contributed by atoms with Crippen LogP contribution in [0, 0.1) is 5.92 Å². The molecule has 1 saturated carbocycles. The summed E-state index contributed by atoms with van der Waals surface area (Å²) in [5.41, 5.74) is 0. The number of nitrogens with zero attached hydrogens (tertiary/aromatic N) is 2. The second-order valence-corrected chi connectivity index (χ2v) is 8.29. The molecule has 0 radical (unpaired) electrons. The minimum atomic E-state index is -0.338. The maximum Gasteiger partial charge on any atom is 0.317 e. The number of hydrogen-bond acceptors (Lipinski definition) is 3. The molecule has 24 heavy (non-hydrogen) atoms. The number of aliphatic hydroxyl groups excluding tert-OH is 1. The van der Waals surface area contributed by atoms with E-state index < -0.39 is 0 Å². The van der Waals surface area contributed by atoms with Gasteiger partial charge in [0, 0.05) is 31.2 Å². The van der Waals surface area contributed by atoms with Gasteiger partial charge in [-0.25, -0.2) is 4.79 Å². The molecular weight excluding hydrogens is 302 g/mol. The van der Waals surface area contributed by atoms with Crippen molar-refractivity contribution in [3.8, 4) is 0 Å². The lowest BCUT2D eigenvalue weighted by Gasteiger charge is -2.44. The van der Waals surface area contributed by atoms with Crippen molar-refractivity contribution in [3.63, 3.8) is 0 Å². The third-order valence-corrected chi connectivity index (χ3v) is 6.39. The Morgan fingerprint density at radius 1 is 1.12 bits per heavy atom. The van der Waals surface area contributed by atoms with E-state index in [1.165, 1.54) is 38.6 Å². The molecule has 1 aliphatic carbocycles. The van der Waals surface area contributed by atoms with Gasteiger partial charge < -0.3 is 20.2 Å². The van der Waals surface area contributed by atoms with Crippen molar-refractivity contribution in [1.29, 1.82) is 0 Å². The van der Waals surface area contributed by atoms with Gasteiger partial charge in [0.1, 0.15) is 0 Å². The van der Waals surface area contributed by atoms with E-state index >= 15 is 0 Å². The molecule has 2 N–H and O–H groups in total. The van der Waals surface area contributed by atoms with Gasteiger partial charge in [-0.3, -0.25) is 0 Å². The van der Waals surface area contributed by atoms with E-state index in [9.17, 15) is 9.90 Å². The van der Waals surface area contributed by atoms with Gasteiger partial charge in [-0.05, 0) is 71.3 Å². The van der Waals surface area contributed by atoms with Crippen molar-refractivity contribution < 1.29 is 9.90 Å². The largest absolute Gasteiger partial charge is 0.393 e. The lowest BCUT2D eigenvalue weighted by molar-refractivity contribution is 0.0665. The number of amides is 2. The Hall–Kier alpha value is -0.810. The number of carbonyl (C=O) groups excluding carboxylic acids is 1. The standard InChI is InChI=1S/C19H35N3O2/c1-14(23)12-18-9-5-11-22(18)19(24)20-15(2)16-6-4-10-21(13-16)17-7-3-8-17/h14-18,23H,3-13H2,1-2H3,(H,20,24). The summed E-state index contributed by atoms with van der Waals surface area (Å²) in [6.45, 7) is 7.20. The molecule has 5 nitrogen and oxygen atoms in total. The van der Waals surface area contributed by atoms with E-state index in [2.05, 4.69) is 17.1 Å². The SMILES string of the molecule is CC(O)CC1CCCN1C(=O)NC(C)C1CCCN(C2CCC2)C1. The molecule has 2 heterocycles. The van der Waals surface area contributed by atoms with Crippen LogP contribution in [0.3, 0.4) is 0 Å². The maximum absolute atomic E-state index is 12.7. The molecule has 0 aromatic heterocycles. The van der Waals surface area contributed by atoms with E-state index in [0.29, 0.717) is 12.3 Å². The molecule has 5 heteroatoms.